The van der Waals surface area contributed by atoms with Gasteiger partial charge >= 0.3 is 47.8 Å². The number of carbonyl (C=O) groups excluding carboxylic acids is 8. The highest BCUT2D eigenvalue weighted by Gasteiger charge is 2.44. The lowest BCUT2D eigenvalue weighted by atomic mass is 9.68. The lowest BCUT2D eigenvalue weighted by Gasteiger charge is -2.48. The third-order valence-corrected chi connectivity index (χ3v) is 17.2. The average molecular weight is 1650 g/mol. The van der Waals surface area contributed by atoms with Gasteiger partial charge in [0.25, 0.3) is 0 Å². The smallest absolute Gasteiger partial charge is 0.320 e. The van der Waals surface area contributed by atoms with Crippen LogP contribution in [0.15, 0.2) is 53.5 Å². The molecule has 24 nitrogen and oxygen atoms in total. The number of ether oxygens (including phenoxy) is 8. The van der Waals surface area contributed by atoms with E-state index in [1.165, 1.54) is 0 Å². The quantitative estimate of drug-likeness (QED) is 0.0164. The maximum absolute atomic E-state index is 13.4. The SMILES string of the molecule is CCN(CC(Cc1ccc(N)cc1)N(CC(=O)OC(C)(C)C)CC(=O)OC(C)(C)C)CC1(CN(CC(=O)OC(C)(C)C)CC(=O)OC(C)(C)C)CCC1.CCN(CC(Cc1ccc(N=C=S)cc1)N(CC(=O)OC(C)(C)C)CC(=O)OC(C)(C)C)CC1(CN(CC(=O)OC(C)(C)C)CC(=O)OC(C)(C)C)CCC1.S=C(Cl)Cl. The van der Waals surface area contributed by atoms with Crippen LogP contribution in [-0.2, 0) is 89.1 Å². The molecule has 0 bridgehead atoms. The van der Waals surface area contributed by atoms with Gasteiger partial charge in [0.15, 0.2) is 3.78 Å². The van der Waals surface area contributed by atoms with Gasteiger partial charge in [0.05, 0.1) is 63.2 Å². The maximum atomic E-state index is 13.4. The number of nitrogens with two attached hydrogens (primary N) is 1. The lowest BCUT2D eigenvalue weighted by molar-refractivity contribution is -0.163. The molecule has 0 radical (unpaired) electrons. The molecule has 0 spiro atoms. The number of anilines is 1. The molecule has 0 aromatic heterocycles. The summed E-state index contributed by atoms with van der Waals surface area (Å²) in [4.78, 5) is 122. The van der Waals surface area contributed by atoms with Gasteiger partial charge in [0, 0.05) is 57.0 Å². The first-order valence-electron chi connectivity index (χ1n) is 39.1. The molecule has 28 heteroatoms. The second-order valence-corrected chi connectivity index (χ2v) is 39.7. The highest BCUT2D eigenvalue weighted by Crippen LogP contribution is 2.44. The molecule has 0 saturated heterocycles. The van der Waals surface area contributed by atoms with Crippen LogP contribution in [0.3, 0.4) is 0 Å². The van der Waals surface area contributed by atoms with Gasteiger partial charge in [0.1, 0.15) is 44.8 Å². The molecule has 0 heterocycles. The number of likely N-dealkylation sites (N-methyl/N-ethyl adjacent to an activating group) is 2. The van der Waals surface area contributed by atoms with Gasteiger partial charge in [-0.2, -0.15) is 4.99 Å². The summed E-state index contributed by atoms with van der Waals surface area (Å²) in [6, 6.07) is 14.7. The zero-order chi connectivity index (χ0) is 85.8. The number of carbonyl (C=O) groups is 8. The van der Waals surface area contributed by atoms with E-state index in [1.807, 2.05) is 234 Å². The number of thiocarbonyl (C=S) groups is 2. The topological polar surface area (TPSA) is 268 Å². The Labute approximate surface area is 691 Å². The first-order valence-corrected chi connectivity index (χ1v) is 40.6. The molecule has 2 fully saturated rings. The molecule has 636 valence electrons. The number of isothiocyanates is 1. The molecule has 2 aromatic carbocycles. The van der Waals surface area contributed by atoms with Crippen molar-refractivity contribution < 1.29 is 76.3 Å². The second kappa shape index (κ2) is 45.1. The first-order chi connectivity index (χ1) is 51.1. The van der Waals surface area contributed by atoms with E-state index in [0.717, 1.165) is 49.7 Å². The lowest BCUT2D eigenvalue weighted by Crippen LogP contribution is -2.55. The second-order valence-electron chi connectivity index (χ2n) is 37.7. The van der Waals surface area contributed by atoms with E-state index in [9.17, 15) is 38.4 Å². The Bertz CT molecular complexity index is 3260. The van der Waals surface area contributed by atoms with Crippen molar-refractivity contribution in [3.8, 4) is 0 Å². The largest absolute Gasteiger partial charge is 0.459 e. The third-order valence-electron chi connectivity index (χ3n) is 17.1. The summed E-state index contributed by atoms with van der Waals surface area (Å²) in [6.45, 7) is 52.1. The van der Waals surface area contributed by atoms with E-state index in [1.54, 1.807) is 0 Å². The van der Waals surface area contributed by atoms with E-state index >= 15 is 0 Å². The molecule has 2 saturated carbocycles. The van der Waals surface area contributed by atoms with Crippen molar-refractivity contribution in [3.05, 3.63) is 59.7 Å². The predicted octanol–water partition coefficient (Wildman–Crippen LogP) is 14.2. The van der Waals surface area contributed by atoms with Gasteiger partial charge in [-0.05, 0) is 276 Å². The summed E-state index contributed by atoms with van der Waals surface area (Å²) in [7, 11) is 0. The number of nitrogen functional groups attached to an aromatic ring is 1. The molecular weight excluding hydrogens is 1510 g/mol. The predicted molar refractivity (Wildman–Crippen MR) is 451 cm³/mol. The van der Waals surface area contributed by atoms with E-state index in [4.69, 9.17) is 79.0 Å². The van der Waals surface area contributed by atoms with Crippen LogP contribution in [0.4, 0.5) is 11.4 Å². The van der Waals surface area contributed by atoms with Crippen LogP contribution in [0.2, 0.25) is 0 Å². The van der Waals surface area contributed by atoms with Crippen LogP contribution in [-0.4, -0.2) is 248 Å². The summed E-state index contributed by atoms with van der Waals surface area (Å²) in [5.74, 6) is -3.34. The Kier molecular flexibility index (Phi) is 41.2. The van der Waals surface area contributed by atoms with E-state index in [2.05, 4.69) is 46.0 Å². The monoisotopic (exact) mass is 1650 g/mol. The Balaban J connectivity index is 0.000000725. The van der Waals surface area contributed by atoms with Crippen LogP contribution in [0.5, 0.6) is 0 Å². The third kappa shape index (κ3) is 47.3. The fourth-order valence-corrected chi connectivity index (χ4v) is 13.2. The minimum absolute atomic E-state index is 0.0380. The Hall–Kier alpha value is -5.77. The molecule has 2 aliphatic rings. The number of hydrogen-bond donors (Lipinski definition) is 1. The minimum Gasteiger partial charge on any atom is -0.459 e. The van der Waals surface area contributed by atoms with Gasteiger partial charge in [-0.15, -0.1) is 0 Å². The van der Waals surface area contributed by atoms with Crippen LogP contribution < -0.4 is 5.73 Å². The number of rotatable bonds is 37. The van der Waals surface area contributed by atoms with Crippen LogP contribution in [0, 0.1) is 10.8 Å². The molecule has 0 aliphatic heterocycles. The highest BCUT2D eigenvalue weighted by atomic mass is 35.5. The Morgan fingerprint density at radius 1 is 0.402 bits per heavy atom. The number of benzene rings is 2. The zero-order valence-corrected chi connectivity index (χ0v) is 75.7. The molecule has 2 atom stereocenters. The zero-order valence-electron chi connectivity index (χ0n) is 72.6. The molecule has 2 unspecified atom stereocenters. The number of aliphatic imine (C=N–C) groups is 1. The number of hydrogen-bond acceptors (Lipinski definition) is 26. The van der Waals surface area contributed by atoms with Crippen molar-refractivity contribution in [2.75, 3.05) is 110 Å². The number of esters is 8. The Morgan fingerprint density at radius 2 is 0.616 bits per heavy atom. The van der Waals surface area contributed by atoms with Crippen molar-refractivity contribution in [2.24, 2.45) is 15.8 Å². The van der Waals surface area contributed by atoms with Gasteiger partial charge in [0.2, 0.25) is 0 Å². The van der Waals surface area contributed by atoms with Crippen molar-refractivity contribution in [2.45, 2.75) is 288 Å². The summed E-state index contributed by atoms with van der Waals surface area (Å²) in [6.07, 6.45) is 6.77. The summed E-state index contributed by atoms with van der Waals surface area (Å²) in [5.41, 5.74) is 3.46. The average Bonchev–Trinajstić information content (AvgIpc) is 0.798. The maximum Gasteiger partial charge on any atom is 0.320 e. The standard InChI is InChI=1S/C42H68N4O8S.C41H70N4O8.CCl2S/c1-14-44(28-42(20-15-21-42)29-45(24-34(47)51-38(2,3)4)25-35(48)52-39(5,6)7)23-33(22-31-16-18-32(19-17-31)43-30-55)46(26-36(49)53-40(8,9)10)27-37(50)54-41(11,12)13;1-14-43(28-41(20-15-21-41)29-44(24-33(46)50-37(2,3)4)25-34(47)51-38(5,6)7)23-32(22-30-16-18-31(42)19-17-30)45(26-35(48)52-39(8,9)10)27-36(49)53-40(11,12)13;2-1(3)4/h16-19,33H,14-15,20-29H2,1-13H3;16-19,32H,14-15,20-29,42H2,1-13H3;. The van der Waals surface area contributed by atoms with E-state index < -0.39 is 92.6 Å². The van der Waals surface area contributed by atoms with Crippen molar-refractivity contribution in [1.29, 1.82) is 0 Å². The first kappa shape index (κ1) is 102. The molecule has 0 amide bonds. The van der Waals surface area contributed by atoms with Crippen LogP contribution in [0.25, 0.3) is 0 Å². The molecule has 112 heavy (non-hydrogen) atoms. The normalized spacial score (nSPS) is 15.1. The minimum atomic E-state index is -0.710. The van der Waals surface area contributed by atoms with Crippen molar-refractivity contribution >= 4 is 116 Å². The molecular formula is C84H138Cl2N8O16S2. The molecule has 2 N–H and O–H groups in total. The van der Waals surface area contributed by atoms with Crippen molar-refractivity contribution in [1.82, 2.24) is 29.4 Å². The van der Waals surface area contributed by atoms with Crippen LogP contribution in [0.1, 0.15) is 230 Å². The fourth-order valence-electron chi connectivity index (χ4n) is 13.1. The summed E-state index contributed by atoms with van der Waals surface area (Å²) >= 11 is 18.4. The van der Waals surface area contributed by atoms with Gasteiger partial charge in [-0.3, -0.25) is 58.0 Å². The highest BCUT2D eigenvalue weighted by molar-refractivity contribution is 7.86. The number of nitrogens with zero attached hydrogens (tertiary/aromatic N) is 7. The molecule has 2 aromatic rings. The molecule has 4 rings (SSSR count). The van der Waals surface area contributed by atoms with Gasteiger partial charge in [-0.1, -0.05) is 86.4 Å². The van der Waals surface area contributed by atoms with Gasteiger partial charge < -0.3 is 53.4 Å². The molecule has 2 aliphatic carbocycles. The number of halogens is 2. The Morgan fingerprint density at radius 3 is 0.812 bits per heavy atom. The van der Waals surface area contributed by atoms with E-state index in [-0.39, 0.29) is 79.1 Å². The van der Waals surface area contributed by atoms with Crippen molar-refractivity contribution in [3.63, 3.8) is 0 Å². The van der Waals surface area contributed by atoms with E-state index in [0.29, 0.717) is 76.6 Å². The van der Waals surface area contributed by atoms with Crippen LogP contribution >= 0.6 is 47.6 Å². The fraction of sp³-hybridized carbons (Fsp3) is 0.738. The summed E-state index contributed by atoms with van der Waals surface area (Å²) in [5, 5.41) is 2.40. The summed E-state index contributed by atoms with van der Waals surface area (Å²) < 4.78 is 45.5. The van der Waals surface area contributed by atoms with Gasteiger partial charge in [-0.25, -0.2) is 0 Å².